The van der Waals surface area contributed by atoms with E-state index in [9.17, 15) is 14.7 Å². The molecule has 0 aliphatic carbocycles. The van der Waals surface area contributed by atoms with Gasteiger partial charge in [0.2, 0.25) is 5.95 Å². The Morgan fingerprint density at radius 2 is 1.78 bits per heavy atom. The van der Waals surface area contributed by atoms with Gasteiger partial charge in [0.25, 0.3) is 5.91 Å². The molecule has 7 nitrogen and oxygen atoms in total. The molecule has 1 heterocycles. The number of benzene rings is 3. The number of nitrogens with one attached hydrogen (secondary N) is 3. The van der Waals surface area contributed by atoms with Gasteiger partial charge in [-0.2, -0.15) is 0 Å². The van der Waals surface area contributed by atoms with Gasteiger partial charge in [0.15, 0.2) is 0 Å². The van der Waals surface area contributed by atoms with Crippen molar-refractivity contribution in [1.82, 2.24) is 9.97 Å². The first-order chi connectivity index (χ1) is 13.1. The lowest BCUT2D eigenvalue weighted by Gasteiger charge is -2.10. The molecule has 0 aliphatic rings. The fourth-order valence-corrected chi connectivity index (χ4v) is 3.13. The van der Waals surface area contributed by atoms with Crippen LogP contribution >= 0.6 is 11.8 Å². The maximum absolute atomic E-state index is 12.8. The number of nitrogens with zero attached hydrogens (tertiary/aromatic N) is 1. The van der Waals surface area contributed by atoms with E-state index in [-0.39, 0.29) is 5.56 Å². The van der Waals surface area contributed by atoms with Crippen LogP contribution in [-0.2, 0) is 0 Å². The number of aromatic carboxylic acids is 1. The molecule has 4 rings (SSSR count). The highest BCUT2D eigenvalue weighted by Crippen LogP contribution is 2.25. The number of hydrogen-bond donors (Lipinski definition) is 4. The Balaban J connectivity index is 1.74. The first kappa shape index (κ1) is 16.9. The Morgan fingerprint density at radius 3 is 2.48 bits per heavy atom. The van der Waals surface area contributed by atoms with Crippen molar-refractivity contribution >= 4 is 57.1 Å². The van der Waals surface area contributed by atoms with E-state index in [0.29, 0.717) is 39.0 Å². The van der Waals surface area contributed by atoms with Crippen molar-refractivity contribution in [3.63, 3.8) is 0 Å². The van der Waals surface area contributed by atoms with Crippen molar-refractivity contribution < 1.29 is 14.7 Å². The Kier molecular flexibility index (Phi) is 4.13. The van der Waals surface area contributed by atoms with Gasteiger partial charge in [-0.25, -0.2) is 9.78 Å². The van der Waals surface area contributed by atoms with Crippen LogP contribution < -0.4 is 10.2 Å². The van der Waals surface area contributed by atoms with Crippen LogP contribution in [0.25, 0.3) is 21.8 Å². The fourth-order valence-electron chi connectivity index (χ4n) is 3.04. The van der Waals surface area contributed by atoms with Crippen LogP contribution in [0, 0.1) is 0 Å². The van der Waals surface area contributed by atoms with Crippen LogP contribution in [-0.4, -0.2) is 27.0 Å². The fraction of sp³-hybridized carbons (Fsp3) is 0. The SMILES string of the molecule is O=C(O)c1cccc2cccc(C(=O)Nc3ccc4nc(NCl)[nH]c4c3)c12. The second kappa shape index (κ2) is 6.62. The molecule has 0 saturated carbocycles. The van der Waals surface area contributed by atoms with Gasteiger partial charge in [-0.15, -0.1) is 0 Å². The quantitative estimate of drug-likeness (QED) is 0.396. The number of rotatable bonds is 4. The first-order valence-corrected chi connectivity index (χ1v) is 8.37. The minimum Gasteiger partial charge on any atom is -0.478 e. The molecule has 0 atom stereocenters. The van der Waals surface area contributed by atoms with Crippen molar-refractivity contribution in [2.24, 2.45) is 0 Å². The van der Waals surface area contributed by atoms with Crippen LogP contribution in [0.3, 0.4) is 0 Å². The highest BCUT2D eigenvalue weighted by molar-refractivity contribution is 6.23. The van der Waals surface area contributed by atoms with Crippen molar-refractivity contribution in [2.75, 3.05) is 10.2 Å². The summed E-state index contributed by atoms with van der Waals surface area (Å²) in [5.41, 5.74) is 2.30. The highest BCUT2D eigenvalue weighted by atomic mass is 35.5. The number of aromatic amines is 1. The summed E-state index contributed by atoms with van der Waals surface area (Å²) in [5.74, 6) is -1.08. The highest BCUT2D eigenvalue weighted by Gasteiger charge is 2.17. The second-order valence-corrected chi connectivity index (χ2v) is 6.07. The number of H-pyrrole nitrogens is 1. The average Bonchev–Trinajstić information content (AvgIpc) is 3.09. The zero-order valence-corrected chi connectivity index (χ0v) is 14.5. The number of amides is 1. The van der Waals surface area contributed by atoms with Crippen LogP contribution in [0.1, 0.15) is 20.7 Å². The summed E-state index contributed by atoms with van der Waals surface area (Å²) < 4.78 is 0. The molecule has 134 valence electrons. The van der Waals surface area contributed by atoms with Gasteiger partial charge >= 0.3 is 5.97 Å². The topological polar surface area (TPSA) is 107 Å². The molecule has 0 spiro atoms. The smallest absolute Gasteiger partial charge is 0.336 e. The van der Waals surface area contributed by atoms with Crippen LogP contribution in [0.15, 0.2) is 54.6 Å². The molecule has 0 radical (unpaired) electrons. The normalized spacial score (nSPS) is 10.9. The van der Waals surface area contributed by atoms with Gasteiger partial charge < -0.3 is 15.4 Å². The minimum atomic E-state index is -1.08. The maximum atomic E-state index is 12.8. The predicted octanol–water partition coefficient (Wildman–Crippen LogP) is 4.23. The zero-order valence-electron chi connectivity index (χ0n) is 13.8. The number of imidazole rings is 1. The molecule has 0 unspecified atom stereocenters. The van der Waals surface area contributed by atoms with Gasteiger partial charge in [-0.3, -0.25) is 9.63 Å². The van der Waals surface area contributed by atoms with Gasteiger partial charge in [-0.05, 0) is 35.7 Å². The number of hydrogen-bond acceptors (Lipinski definition) is 4. The number of anilines is 2. The third kappa shape index (κ3) is 3.04. The summed E-state index contributed by atoms with van der Waals surface area (Å²) in [6, 6.07) is 15.2. The summed E-state index contributed by atoms with van der Waals surface area (Å²) in [6.07, 6.45) is 0. The van der Waals surface area contributed by atoms with E-state index in [4.69, 9.17) is 11.8 Å². The van der Waals surface area contributed by atoms with Gasteiger partial charge in [-0.1, -0.05) is 24.3 Å². The molecule has 8 heteroatoms. The molecule has 4 N–H and O–H groups in total. The molecular weight excluding hydrogens is 368 g/mol. The van der Waals surface area contributed by atoms with Crippen molar-refractivity contribution in [3.05, 3.63) is 65.7 Å². The standard InChI is InChI=1S/C19H13ClN4O3/c20-24-19-22-14-8-7-11(9-15(14)23-19)21-17(25)12-5-1-3-10-4-2-6-13(16(10)12)18(26)27/h1-9H,(H,21,25)(H,26,27)(H2,22,23,24). The number of halogens is 1. The molecule has 0 aliphatic heterocycles. The Hall–Kier alpha value is -3.58. The second-order valence-electron chi connectivity index (χ2n) is 5.88. The third-order valence-electron chi connectivity index (χ3n) is 4.21. The van der Waals surface area contributed by atoms with Crippen LogP contribution in [0.4, 0.5) is 11.6 Å². The van der Waals surface area contributed by atoms with Crippen molar-refractivity contribution in [1.29, 1.82) is 0 Å². The van der Waals surface area contributed by atoms with E-state index in [0.717, 1.165) is 0 Å². The molecule has 4 aromatic rings. The lowest BCUT2D eigenvalue weighted by molar-refractivity contribution is 0.0699. The van der Waals surface area contributed by atoms with Crippen LogP contribution in [0.2, 0.25) is 0 Å². The molecule has 0 fully saturated rings. The van der Waals surface area contributed by atoms with E-state index in [1.165, 1.54) is 6.07 Å². The molecular formula is C19H13ClN4O3. The number of fused-ring (bicyclic) bond motifs is 2. The molecule has 0 saturated heterocycles. The predicted molar refractivity (Wildman–Crippen MR) is 104 cm³/mol. The van der Waals surface area contributed by atoms with Crippen molar-refractivity contribution in [2.45, 2.75) is 0 Å². The average molecular weight is 381 g/mol. The van der Waals surface area contributed by atoms with Crippen molar-refractivity contribution in [3.8, 4) is 0 Å². The number of carboxylic acids is 1. The van der Waals surface area contributed by atoms with E-state index in [2.05, 4.69) is 20.1 Å². The summed E-state index contributed by atoms with van der Waals surface area (Å²) in [7, 11) is 0. The van der Waals surface area contributed by atoms with Gasteiger partial charge in [0.1, 0.15) is 0 Å². The zero-order chi connectivity index (χ0) is 19.0. The largest absolute Gasteiger partial charge is 0.478 e. The summed E-state index contributed by atoms with van der Waals surface area (Å²) >= 11 is 5.54. The summed E-state index contributed by atoms with van der Waals surface area (Å²) in [4.78, 5) is 34.0. The number of carbonyl (C=O) groups is 2. The number of carboxylic acid groups (broad SMARTS) is 1. The van der Waals surface area contributed by atoms with Gasteiger partial charge in [0, 0.05) is 28.4 Å². The van der Waals surface area contributed by atoms with Crippen LogP contribution in [0.5, 0.6) is 0 Å². The minimum absolute atomic E-state index is 0.0834. The van der Waals surface area contributed by atoms with Gasteiger partial charge in [0.05, 0.1) is 16.6 Å². The van der Waals surface area contributed by atoms with E-state index >= 15 is 0 Å². The number of aromatic nitrogens is 2. The van der Waals surface area contributed by atoms with E-state index in [1.54, 1.807) is 48.5 Å². The monoisotopic (exact) mass is 380 g/mol. The summed E-state index contributed by atoms with van der Waals surface area (Å²) in [5, 5.41) is 13.4. The summed E-state index contributed by atoms with van der Waals surface area (Å²) in [6.45, 7) is 0. The maximum Gasteiger partial charge on any atom is 0.336 e. The first-order valence-electron chi connectivity index (χ1n) is 7.99. The Morgan fingerprint density at radius 1 is 1.04 bits per heavy atom. The van der Waals surface area contributed by atoms with E-state index < -0.39 is 11.9 Å². The Bertz CT molecular complexity index is 1200. The molecule has 1 aromatic heterocycles. The lowest BCUT2D eigenvalue weighted by atomic mass is 9.98. The number of carbonyl (C=O) groups excluding carboxylic acids is 1. The Labute approximate surface area is 158 Å². The van der Waals surface area contributed by atoms with E-state index in [1.807, 2.05) is 0 Å². The molecule has 3 aromatic carbocycles. The molecule has 27 heavy (non-hydrogen) atoms. The third-order valence-corrected chi connectivity index (χ3v) is 4.39. The molecule has 1 amide bonds. The molecule has 0 bridgehead atoms. The lowest BCUT2D eigenvalue weighted by Crippen LogP contribution is -2.13.